The molecule has 3 aliphatic carbocycles. The van der Waals surface area contributed by atoms with Crippen molar-refractivity contribution in [1.82, 2.24) is 0 Å². The lowest BCUT2D eigenvalue weighted by atomic mass is 9.56. The summed E-state index contributed by atoms with van der Waals surface area (Å²) >= 11 is 0. The van der Waals surface area contributed by atoms with Gasteiger partial charge in [-0.1, -0.05) is 31.2 Å². The maximum Gasteiger partial charge on any atom is 0.343 e. The number of carbonyl (C=O) groups is 1. The van der Waals surface area contributed by atoms with Gasteiger partial charge in [-0.2, -0.15) is 0 Å². The van der Waals surface area contributed by atoms with Crippen molar-refractivity contribution in [2.45, 2.75) is 57.5 Å². The number of esters is 1. The molecule has 0 aliphatic heterocycles. The third-order valence-corrected chi connectivity index (χ3v) is 7.66. The minimum absolute atomic E-state index is 0.116. The molecule has 0 amide bonds. The first-order chi connectivity index (χ1) is 13.5. The molecule has 0 heterocycles. The lowest BCUT2D eigenvalue weighted by Gasteiger charge is -2.49. The average molecular weight is 376 g/mol. The fraction of sp³-hybridized carbons (Fsp3) is 0.480. The van der Waals surface area contributed by atoms with Crippen LogP contribution in [0.4, 0.5) is 0 Å². The standard InChI is InChI=1S/C25H28O3/c1-25-12-11-21-20-10-8-19(28-24(27)16-5-3-2-4-6-16)13-17(20)7-9-22(21)23(25)14-18(26)15-25/h2-6,8,10,13,18,21-23,26H,7,9,11-12,14-15H2,1H3/t18-,21-,22-,23-,25-/m0/s1. The summed E-state index contributed by atoms with van der Waals surface area (Å²) in [5.74, 6) is 2.25. The van der Waals surface area contributed by atoms with Gasteiger partial charge in [0.05, 0.1) is 11.7 Å². The van der Waals surface area contributed by atoms with Crippen molar-refractivity contribution in [3.05, 3.63) is 65.2 Å². The Morgan fingerprint density at radius 1 is 1.14 bits per heavy atom. The quantitative estimate of drug-likeness (QED) is 0.584. The molecular weight excluding hydrogens is 348 g/mol. The van der Waals surface area contributed by atoms with Gasteiger partial charge in [-0.3, -0.25) is 0 Å². The molecule has 0 saturated heterocycles. The molecule has 3 aliphatic rings. The fourth-order valence-corrected chi connectivity index (χ4v) is 6.38. The SMILES string of the molecule is C[C@@]12CC[C@H]3c4ccc(OC(=O)c5ccccc5)cc4CC[C@@H]3[C@@H]1C[C@H](O)C2. The van der Waals surface area contributed by atoms with E-state index in [1.807, 2.05) is 24.3 Å². The van der Waals surface area contributed by atoms with E-state index in [0.717, 1.165) is 19.3 Å². The summed E-state index contributed by atoms with van der Waals surface area (Å²) in [5.41, 5.74) is 3.68. The molecule has 5 atom stereocenters. The molecule has 5 rings (SSSR count). The molecule has 0 unspecified atom stereocenters. The molecule has 2 aromatic carbocycles. The highest BCUT2D eigenvalue weighted by atomic mass is 16.5. The van der Waals surface area contributed by atoms with Gasteiger partial charge < -0.3 is 9.84 Å². The number of aryl methyl sites for hydroxylation is 1. The van der Waals surface area contributed by atoms with Gasteiger partial charge in [-0.15, -0.1) is 0 Å². The number of hydrogen-bond acceptors (Lipinski definition) is 3. The van der Waals surface area contributed by atoms with E-state index in [2.05, 4.69) is 19.1 Å². The van der Waals surface area contributed by atoms with Crippen molar-refractivity contribution in [3.8, 4) is 5.75 Å². The summed E-state index contributed by atoms with van der Waals surface area (Å²) in [7, 11) is 0. The van der Waals surface area contributed by atoms with E-state index >= 15 is 0 Å². The monoisotopic (exact) mass is 376 g/mol. The normalized spacial score (nSPS) is 33.5. The summed E-state index contributed by atoms with van der Waals surface area (Å²) in [6.45, 7) is 2.39. The molecule has 3 heteroatoms. The lowest BCUT2D eigenvalue weighted by molar-refractivity contribution is 0.0594. The molecule has 0 radical (unpaired) electrons. The number of carbonyl (C=O) groups excluding carboxylic acids is 1. The fourth-order valence-electron chi connectivity index (χ4n) is 6.38. The molecule has 3 nitrogen and oxygen atoms in total. The van der Waals surface area contributed by atoms with Crippen molar-refractivity contribution in [2.24, 2.45) is 17.3 Å². The van der Waals surface area contributed by atoms with Crippen molar-refractivity contribution in [3.63, 3.8) is 0 Å². The Bertz CT molecular complexity index is 890. The van der Waals surface area contributed by atoms with Crippen LogP contribution < -0.4 is 4.74 Å². The Balaban J connectivity index is 1.37. The Kier molecular flexibility index (Phi) is 4.31. The Labute approximate surface area is 166 Å². The highest BCUT2D eigenvalue weighted by Crippen LogP contribution is 2.60. The van der Waals surface area contributed by atoms with Gasteiger partial charge in [0.2, 0.25) is 0 Å². The van der Waals surface area contributed by atoms with E-state index in [0.29, 0.717) is 34.5 Å². The van der Waals surface area contributed by atoms with E-state index in [4.69, 9.17) is 4.74 Å². The Morgan fingerprint density at radius 2 is 1.96 bits per heavy atom. The van der Waals surface area contributed by atoms with Crippen molar-refractivity contribution >= 4 is 5.97 Å². The summed E-state index contributed by atoms with van der Waals surface area (Å²) < 4.78 is 5.63. The number of benzene rings is 2. The zero-order chi connectivity index (χ0) is 19.3. The van der Waals surface area contributed by atoms with Crippen LogP contribution in [-0.4, -0.2) is 17.2 Å². The van der Waals surface area contributed by atoms with E-state index in [-0.39, 0.29) is 12.1 Å². The third kappa shape index (κ3) is 2.97. The van der Waals surface area contributed by atoms with E-state index in [9.17, 15) is 9.90 Å². The average Bonchev–Trinajstić information content (AvgIpc) is 3.02. The number of aliphatic hydroxyl groups excluding tert-OH is 1. The number of rotatable bonds is 2. The van der Waals surface area contributed by atoms with Crippen LogP contribution in [0.15, 0.2) is 48.5 Å². The first-order valence-electron chi connectivity index (χ1n) is 10.6. The summed E-state index contributed by atoms with van der Waals surface area (Å²) in [6, 6.07) is 15.4. The molecule has 0 aromatic heterocycles. The van der Waals surface area contributed by atoms with Gasteiger partial charge in [0.1, 0.15) is 5.75 Å². The van der Waals surface area contributed by atoms with Crippen LogP contribution in [0, 0.1) is 17.3 Å². The van der Waals surface area contributed by atoms with Gasteiger partial charge in [0.25, 0.3) is 0 Å². The van der Waals surface area contributed by atoms with Crippen LogP contribution in [0.3, 0.4) is 0 Å². The zero-order valence-corrected chi connectivity index (χ0v) is 16.4. The predicted molar refractivity (Wildman–Crippen MR) is 108 cm³/mol. The van der Waals surface area contributed by atoms with Crippen LogP contribution in [0.25, 0.3) is 0 Å². The van der Waals surface area contributed by atoms with Crippen LogP contribution in [0.5, 0.6) is 5.75 Å². The van der Waals surface area contributed by atoms with Crippen molar-refractivity contribution in [2.75, 3.05) is 0 Å². The second-order valence-electron chi connectivity index (χ2n) is 9.32. The van der Waals surface area contributed by atoms with E-state index in [1.54, 1.807) is 12.1 Å². The van der Waals surface area contributed by atoms with Gasteiger partial charge in [-0.25, -0.2) is 4.79 Å². The molecule has 0 spiro atoms. The smallest absolute Gasteiger partial charge is 0.343 e. The molecule has 2 aromatic rings. The number of ether oxygens (including phenoxy) is 1. The zero-order valence-electron chi connectivity index (χ0n) is 16.4. The first kappa shape index (κ1) is 17.9. The molecule has 146 valence electrons. The lowest BCUT2D eigenvalue weighted by Crippen LogP contribution is -2.39. The van der Waals surface area contributed by atoms with Crippen LogP contribution in [0.2, 0.25) is 0 Å². The number of hydrogen-bond donors (Lipinski definition) is 1. The second kappa shape index (κ2) is 6.73. The predicted octanol–water partition coefficient (Wildman–Crippen LogP) is 5.12. The minimum atomic E-state index is -0.303. The Morgan fingerprint density at radius 3 is 2.79 bits per heavy atom. The second-order valence-corrected chi connectivity index (χ2v) is 9.32. The Hall–Kier alpha value is -2.13. The molecule has 1 N–H and O–H groups in total. The van der Waals surface area contributed by atoms with Gasteiger partial charge in [0, 0.05) is 0 Å². The maximum atomic E-state index is 12.4. The highest BCUT2D eigenvalue weighted by molar-refractivity contribution is 5.91. The molecular formula is C25H28O3. The van der Waals surface area contributed by atoms with Gasteiger partial charge in [-0.05, 0) is 97.1 Å². The summed E-state index contributed by atoms with van der Waals surface area (Å²) in [4.78, 5) is 12.4. The van der Waals surface area contributed by atoms with E-state index < -0.39 is 0 Å². The molecule has 0 bridgehead atoms. The molecule has 28 heavy (non-hydrogen) atoms. The van der Waals surface area contributed by atoms with Crippen LogP contribution in [0.1, 0.15) is 66.4 Å². The summed E-state index contributed by atoms with van der Waals surface area (Å²) in [6.07, 6.45) is 6.47. The van der Waals surface area contributed by atoms with E-state index in [1.165, 1.54) is 30.4 Å². The molecule has 2 fully saturated rings. The topological polar surface area (TPSA) is 46.5 Å². The van der Waals surface area contributed by atoms with Crippen LogP contribution in [-0.2, 0) is 6.42 Å². The first-order valence-corrected chi connectivity index (χ1v) is 10.6. The number of aliphatic hydroxyl groups is 1. The number of fused-ring (bicyclic) bond motifs is 5. The highest BCUT2D eigenvalue weighted by Gasteiger charge is 2.52. The maximum absolute atomic E-state index is 12.4. The minimum Gasteiger partial charge on any atom is -0.423 e. The summed E-state index contributed by atoms with van der Waals surface area (Å²) in [5, 5.41) is 10.3. The molecule has 2 saturated carbocycles. The third-order valence-electron chi connectivity index (χ3n) is 7.66. The van der Waals surface area contributed by atoms with Gasteiger partial charge in [0.15, 0.2) is 0 Å². The van der Waals surface area contributed by atoms with Crippen molar-refractivity contribution in [1.29, 1.82) is 0 Å². The van der Waals surface area contributed by atoms with Crippen LogP contribution >= 0.6 is 0 Å². The van der Waals surface area contributed by atoms with Gasteiger partial charge >= 0.3 is 5.97 Å². The largest absolute Gasteiger partial charge is 0.423 e. The van der Waals surface area contributed by atoms with Crippen molar-refractivity contribution < 1.29 is 14.6 Å².